The Labute approximate surface area is 166 Å². The Morgan fingerprint density at radius 3 is 2.50 bits per heavy atom. The Morgan fingerprint density at radius 2 is 1.82 bits per heavy atom. The van der Waals surface area contributed by atoms with Crippen molar-refractivity contribution in [2.45, 2.75) is 33.2 Å². The highest BCUT2D eigenvalue weighted by molar-refractivity contribution is 5.96. The van der Waals surface area contributed by atoms with Gasteiger partial charge in [0, 0.05) is 18.2 Å². The molecule has 3 rings (SSSR count). The Bertz CT molecular complexity index is 812. The molecule has 0 unspecified atom stereocenters. The minimum Gasteiger partial charge on any atom is -0.462 e. The fourth-order valence-electron chi connectivity index (χ4n) is 3.53. The van der Waals surface area contributed by atoms with Crippen LogP contribution in [0.25, 0.3) is 0 Å². The molecule has 148 valence electrons. The molecule has 5 nitrogen and oxygen atoms in total. The van der Waals surface area contributed by atoms with Gasteiger partial charge in [-0.15, -0.1) is 0 Å². The Balaban J connectivity index is 1.56. The zero-order valence-electron chi connectivity index (χ0n) is 16.6. The summed E-state index contributed by atoms with van der Waals surface area (Å²) < 4.78 is 5.05. The van der Waals surface area contributed by atoms with E-state index in [4.69, 9.17) is 4.74 Å². The molecule has 1 amide bonds. The Morgan fingerprint density at radius 1 is 1.11 bits per heavy atom. The number of nitrogens with one attached hydrogen (secondary N) is 1. The van der Waals surface area contributed by atoms with Crippen LogP contribution in [0.3, 0.4) is 0 Å². The molecule has 28 heavy (non-hydrogen) atoms. The van der Waals surface area contributed by atoms with E-state index in [9.17, 15) is 9.59 Å². The van der Waals surface area contributed by atoms with Crippen molar-refractivity contribution >= 4 is 17.6 Å². The number of anilines is 1. The molecule has 0 aromatic heterocycles. The molecule has 1 N–H and O–H groups in total. The maximum absolute atomic E-state index is 12.7. The van der Waals surface area contributed by atoms with Crippen molar-refractivity contribution in [2.75, 3.05) is 25.0 Å². The molecule has 2 aromatic carbocycles. The predicted octanol–water partition coefficient (Wildman–Crippen LogP) is 4.02. The van der Waals surface area contributed by atoms with Gasteiger partial charge in [0.25, 0.3) is 0 Å². The van der Waals surface area contributed by atoms with Crippen LogP contribution in [-0.4, -0.2) is 36.5 Å². The van der Waals surface area contributed by atoms with Crippen LogP contribution >= 0.6 is 0 Å². The van der Waals surface area contributed by atoms with Crippen LogP contribution in [0.1, 0.15) is 41.3 Å². The van der Waals surface area contributed by atoms with Gasteiger partial charge >= 0.3 is 5.97 Å². The summed E-state index contributed by atoms with van der Waals surface area (Å²) in [4.78, 5) is 27.1. The van der Waals surface area contributed by atoms with Crippen LogP contribution in [0, 0.1) is 12.8 Å². The molecule has 0 radical (unpaired) electrons. The number of likely N-dealkylation sites (tertiary alicyclic amines) is 1. The molecule has 1 fully saturated rings. The van der Waals surface area contributed by atoms with Crippen molar-refractivity contribution in [2.24, 2.45) is 5.92 Å². The van der Waals surface area contributed by atoms with E-state index in [2.05, 4.69) is 34.5 Å². The maximum Gasteiger partial charge on any atom is 0.338 e. The lowest BCUT2D eigenvalue weighted by atomic mass is 9.95. The van der Waals surface area contributed by atoms with Crippen LogP contribution in [0.2, 0.25) is 0 Å². The number of hydrogen-bond donors (Lipinski definition) is 1. The fourth-order valence-corrected chi connectivity index (χ4v) is 3.53. The monoisotopic (exact) mass is 380 g/mol. The molecule has 0 spiro atoms. The minimum absolute atomic E-state index is 0.00215. The van der Waals surface area contributed by atoms with Crippen molar-refractivity contribution in [3.8, 4) is 0 Å². The highest BCUT2D eigenvalue weighted by atomic mass is 16.5. The van der Waals surface area contributed by atoms with Gasteiger partial charge in [-0.2, -0.15) is 0 Å². The first-order chi connectivity index (χ1) is 13.6. The average molecular weight is 380 g/mol. The number of piperidine rings is 1. The second kappa shape index (κ2) is 9.51. The second-order valence-electron chi connectivity index (χ2n) is 7.28. The van der Waals surface area contributed by atoms with Gasteiger partial charge in [-0.05, 0) is 63.0 Å². The second-order valence-corrected chi connectivity index (χ2v) is 7.28. The van der Waals surface area contributed by atoms with Crippen molar-refractivity contribution < 1.29 is 14.3 Å². The standard InChI is InChI=1S/C23H28N2O3/c1-3-28-23(27)20-10-9-17(2)21(15-20)24-22(26)19-11-13-25(14-12-19)16-18-7-5-4-6-8-18/h4-10,15,19H,3,11-14,16H2,1-2H3,(H,24,26). The lowest BCUT2D eigenvalue weighted by Gasteiger charge is -2.31. The largest absolute Gasteiger partial charge is 0.462 e. The maximum atomic E-state index is 12.7. The van der Waals surface area contributed by atoms with Crippen LogP contribution in [0.15, 0.2) is 48.5 Å². The van der Waals surface area contributed by atoms with Gasteiger partial charge in [-0.25, -0.2) is 4.79 Å². The van der Waals surface area contributed by atoms with Crippen molar-refractivity contribution in [1.29, 1.82) is 0 Å². The van der Waals surface area contributed by atoms with E-state index in [0.29, 0.717) is 17.9 Å². The summed E-state index contributed by atoms with van der Waals surface area (Å²) in [6, 6.07) is 15.7. The summed E-state index contributed by atoms with van der Waals surface area (Å²) in [6.07, 6.45) is 1.69. The topological polar surface area (TPSA) is 58.6 Å². The summed E-state index contributed by atoms with van der Waals surface area (Å²) >= 11 is 0. The minimum atomic E-state index is -0.368. The molecular formula is C23H28N2O3. The van der Waals surface area contributed by atoms with Crippen LogP contribution in [-0.2, 0) is 16.1 Å². The third-order valence-corrected chi connectivity index (χ3v) is 5.21. The van der Waals surface area contributed by atoms with E-state index in [1.54, 1.807) is 19.1 Å². The average Bonchev–Trinajstić information content (AvgIpc) is 2.71. The quantitative estimate of drug-likeness (QED) is 0.769. The first kappa shape index (κ1) is 20.1. The summed E-state index contributed by atoms with van der Waals surface area (Å²) in [5.74, 6) is -0.339. The molecule has 1 saturated heterocycles. The van der Waals surface area contributed by atoms with Crippen LogP contribution in [0.5, 0.6) is 0 Å². The molecule has 5 heteroatoms. The number of amides is 1. The molecule has 0 aliphatic carbocycles. The van der Waals surface area contributed by atoms with Crippen LogP contribution in [0.4, 0.5) is 5.69 Å². The molecule has 0 atom stereocenters. The Kier molecular flexibility index (Phi) is 6.82. The summed E-state index contributed by atoms with van der Waals surface area (Å²) in [6.45, 7) is 6.78. The summed E-state index contributed by atoms with van der Waals surface area (Å²) in [5.41, 5.74) is 3.38. The lowest BCUT2D eigenvalue weighted by Crippen LogP contribution is -2.37. The first-order valence-electron chi connectivity index (χ1n) is 9.91. The Hall–Kier alpha value is -2.66. The third kappa shape index (κ3) is 5.20. The van der Waals surface area contributed by atoms with Gasteiger partial charge in [0.15, 0.2) is 0 Å². The van der Waals surface area contributed by atoms with E-state index >= 15 is 0 Å². The fraction of sp³-hybridized carbons (Fsp3) is 0.391. The molecule has 1 aliphatic rings. The smallest absolute Gasteiger partial charge is 0.338 e. The SMILES string of the molecule is CCOC(=O)c1ccc(C)c(NC(=O)C2CCN(Cc3ccccc3)CC2)c1. The van der Waals surface area contributed by atoms with Gasteiger partial charge in [0.1, 0.15) is 0 Å². The number of carbonyl (C=O) groups excluding carboxylic acids is 2. The van der Waals surface area contributed by atoms with E-state index < -0.39 is 0 Å². The number of esters is 1. The number of rotatable bonds is 6. The highest BCUT2D eigenvalue weighted by Gasteiger charge is 2.25. The summed E-state index contributed by atoms with van der Waals surface area (Å²) in [7, 11) is 0. The van der Waals surface area contributed by atoms with Gasteiger partial charge in [0.2, 0.25) is 5.91 Å². The number of nitrogens with zero attached hydrogens (tertiary/aromatic N) is 1. The zero-order chi connectivity index (χ0) is 19.9. The third-order valence-electron chi connectivity index (χ3n) is 5.21. The first-order valence-corrected chi connectivity index (χ1v) is 9.91. The molecule has 0 bridgehead atoms. The molecule has 1 heterocycles. The van der Waals surface area contributed by atoms with Crippen LogP contribution < -0.4 is 5.32 Å². The van der Waals surface area contributed by atoms with E-state index in [1.165, 1.54) is 5.56 Å². The lowest BCUT2D eigenvalue weighted by molar-refractivity contribution is -0.121. The summed E-state index contributed by atoms with van der Waals surface area (Å²) in [5, 5.41) is 3.02. The van der Waals surface area contributed by atoms with E-state index in [1.807, 2.05) is 19.1 Å². The number of aryl methyl sites for hydroxylation is 1. The number of hydrogen-bond acceptors (Lipinski definition) is 4. The predicted molar refractivity (Wildman–Crippen MR) is 110 cm³/mol. The van der Waals surface area contributed by atoms with Gasteiger partial charge in [-0.3, -0.25) is 9.69 Å². The number of carbonyl (C=O) groups is 2. The van der Waals surface area contributed by atoms with Gasteiger partial charge < -0.3 is 10.1 Å². The molecule has 0 saturated carbocycles. The van der Waals surface area contributed by atoms with E-state index in [0.717, 1.165) is 38.0 Å². The normalized spacial score (nSPS) is 15.2. The molecule has 2 aromatic rings. The number of benzene rings is 2. The van der Waals surface area contributed by atoms with Gasteiger partial charge in [0.05, 0.1) is 12.2 Å². The molecular weight excluding hydrogens is 352 g/mol. The zero-order valence-corrected chi connectivity index (χ0v) is 16.6. The molecule has 1 aliphatic heterocycles. The van der Waals surface area contributed by atoms with Crippen molar-refractivity contribution in [3.63, 3.8) is 0 Å². The van der Waals surface area contributed by atoms with Crippen molar-refractivity contribution in [3.05, 3.63) is 65.2 Å². The number of ether oxygens (including phenoxy) is 1. The van der Waals surface area contributed by atoms with Crippen molar-refractivity contribution in [1.82, 2.24) is 4.90 Å². The van der Waals surface area contributed by atoms with Gasteiger partial charge in [-0.1, -0.05) is 36.4 Å². The van der Waals surface area contributed by atoms with E-state index in [-0.39, 0.29) is 17.8 Å². The highest BCUT2D eigenvalue weighted by Crippen LogP contribution is 2.23.